The zero-order chi connectivity index (χ0) is 33.1. The van der Waals surface area contributed by atoms with E-state index in [1.165, 1.54) is 82.0 Å². The highest BCUT2D eigenvalue weighted by molar-refractivity contribution is 6.28. The molecule has 234 valence electrons. The lowest BCUT2D eigenvalue weighted by Crippen LogP contribution is -2.15. The zero-order valence-electron chi connectivity index (χ0n) is 27.9. The lowest BCUT2D eigenvalue weighted by Gasteiger charge is -2.23. The van der Waals surface area contributed by atoms with Gasteiger partial charge >= 0.3 is 0 Å². The first-order chi connectivity index (χ1) is 24.6. The summed E-state index contributed by atoms with van der Waals surface area (Å²) in [7, 11) is 0. The number of hydrogen-bond acceptors (Lipinski definition) is 1. The van der Waals surface area contributed by atoms with Gasteiger partial charge in [-0.1, -0.05) is 153 Å². The van der Waals surface area contributed by atoms with Crippen LogP contribution in [0.1, 0.15) is 25.0 Å². The van der Waals surface area contributed by atoms with E-state index in [1.807, 2.05) is 0 Å². The Morgan fingerprint density at radius 1 is 0.380 bits per heavy atom. The highest BCUT2D eigenvalue weighted by Gasteiger charge is 2.37. The summed E-state index contributed by atoms with van der Waals surface area (Å²) in [5.41, 5.74) is 12.2. The van der Waals surface area contributed by atoms with Gasteiger partial charge in [-0.15, -0.1) is 0 Å². The maximum Gasteiger partial charge on any atom is 0.143 e. The van der Waals surface area contributed by atoms with Gasteiger partial charge < -0.3 is 4.42 Å². The van der Waals surface area contributed by atoms with Crippen molar-refractivity contribution in [3.63, 3.8) is 0 Å². The van der Waals surface area contributed by atoms with E-state index in [-0.39, 0.29) is 5.41 Å². The monoisotopic (exact) mass is 636 g/mol. The van der Waals surface area contributed by atoms with Gasteiger partial charge in [0.15, 0.2) is 0 Å². The van der Waals surface area contributed by atoms with Crippen LogP contribution in [0.25, 0.3) is 98.4 Å². The van der Waals surface area contributed by atoms with E-state index >= 15 is 0 Å². The average molecular weight is 637 g/mol. The van der Waals surface area contributed by atoms with Crippen molar-refractivity contribution in [2.24, 2.45) is 0 Å². The first-order valence-electron chi connectivity index (χ1n) is 17.5. The van der Waals surface area contributed by atoms with Crippen LogP contribution in [0.5, 0.6) is 0 Å². The maximum atomic E-state index is 6.79. The van der Waals surface area contributed by atoms with Gasteiger partial charge in [0.1, 0.15) is 11.2 Å². The summed E-state index contributed by atoms with van der Waals surface area (Å²) in [4.78, 5) is 0. The second kappa shape index (κ2) is 9.94. The Kier molecular flexibility index (Phi) is 5.51. The quantitative estimate of drug-likeness (QED) is 0.172. The summed E-state index contributed by atoms with van der Waals surface area (Å²) in [6, 6.07) is 58.1. The van der Waals surface area contributed by atoms with Crippen molar-refractivity contribution in [3.05, 3.63) is 169 Å². The van der Waals surface area contributed by atoms with Crippen LogP contribution in [0.15, 0.2) is 162 Å². The molecule has 0 atom stereocenters. The number of furan rings is 1. The van der Waals surface area contributed by atoms with Gasteiger partial charge in [0, 0.05) is 27.3 Å². The van der Waals surface area contributed by atoms with E-state index < -0.39 is 0 Å². The van der Waals surface area contributed by atoms with Crippen LogP contribution in [0, 0.1) is 0 Å². The lowest BCUT2D eigenvalue weighted by atomic mass is 9.80. The summed E-state index contributed by atoms with van der Waals surface area (Å²) < 4.78 is 6.79. The Morgan fingerprint density at radius 2 is 0.940 bits per heavy atom. The molecule has 0 aliphatic heterocycles. The van der Waals surface area contributed by atoms with E-state index in [1.54, 1.807) is 0 Å². The SMILES string of the molecule is CC1(C)c2cc(-c3c4ccccc4c(-c4c5ccccc5cc5c4oc4ccccc45)c4ccccc34)ccc2-c2c1ccc1ccccc21. The van der Waals surface area contributed by atoms with Gasteiger partial charge in [0.05, 0.1) is 0 Å². The molecule has 0 spiro atoms. The first kappa shape index (κ1) is 27.7. The van der Waals surface area contributed by atoms with Gasteiger partial charge in [-0.25, -0.2) is 0 Å². The number of benzene rings is 9. The molecule has 50 heavy (non-hydrogen) atoms. The first-order valence-corrected chi connectivity index (χ1v) is 17.5. The standard InChI is InChI=1S/C49H32O/c1-49(2)41-26-24-29-13-3-5-15-32(29)45(41)39-25-23-31(28-42(39)49)44-35-18-7-9-20-37(35)46(38-21-10-8-19-36(38)44)47-33-16-6-4-14-30(33)27-40-34-17-11-12-22-43(34)50-48(40)47/h3-28H,1-2H3. The summed E-state index contributed by atoms with van der Waals surface area (Å²) >= 11 is 0. The second-order valence-corrected chi connectivity index (χ2v) is 14.4. The van der Waals surface area contributed by atoms with Crippen LogP contribution in [-0.4, -0.2) is 0 Å². The minimum atomic E-state index is -0.119. The average Bonchev–Trinajstić information content (AvgIpc) is 3.64. The summed E-state index contributed by atoms with van der Waals surface area (Å²) in [5.74, 6) is 0. The molecular weight excluding hydrogens is 605 g/mol. The van der Waals surface area contributed by atoms with Crippen LogP contribution in [0.2, 0.25) is 0 Å². The summed E-state index contributed by atoms with van der Waals surface area (Å²) in [6.07, 6.45) is 0. The molecule has 0 saturated heterocycles. The van der Waals surface area contributed by atoms with Gasteiger partial charge in [-0.3, -0.25) is 0 Å². The molecule has 10 aromatic rings. The Labute approximate surface area is 290 Å². The van der Waals surface area contributed by atoms with Gasteiger partial charge in [0.2, 0.25) is 0 Å². The molecule has 0 unspecified atom stereocenters. The predicted molar refractivity (Wildman–Crippen MR) is 212 cm³/mol. The minimum absolute atomic E-state index is 0.119. The topological polar surface area (TPSA) is 13.1 Å². The lowest BCUT2D eigenvalue weighted by molar-refractivity contribution is 0.661. The number of rotatable bonds is 2. The molecule has 1 aliphatic carbocycles. The van der Waals surface area contributed by atoms with E-state index in [0.29, 0.717) is 0 Å². The molecule has 1 heterocycles. The molecular formula is C49H32O. The molecule has 11 rings (SSSR count). The molecule has 0 radical (unpaired) electrons. The largest absolute Gasteiger partial charge is 0.455 e. The number of fused-ring (bicyclic) bond motifs is 11. The van der Waals surface area contributed by atoms with Gasteiger partial charge in [-0.05, 0) is 94.7 Å². The predicted octanol–water partition coefficient (Wildman–Crippen LogP) is 13.8. The van der Waals surface area contributed by atoms with Crippen LogP contribution >= 0.6 is 0 Å². The smallest absolute Gasteiger partial charge is 0.143 e. The van der Waals surface area contributed by atoms with Gasteiger partial charge in [-0.2, -0.15) is 0 Å². The van der Waals surface area contributed by atoms with E-state index in [0.717, 1.165) is 27.5 Å². The molecule has 1 aliphatic rings. The normalized spacial score (nSPS) is 13.6. The fourth-order valence-corrected chi connectivity index (χ4v) is 9.14. The fraction of sp³-hybridized carbons (Fsp3) is 0.0612. The van der Waals surface area contributed by atoms with Crippen molar-refractivity contribution in [3.8, 4) is 33.4 Å². The van der Waals surface area contributed by atoms with Crippen molar-refractivity contribution in [1.29, 1.82) is 0 Å². The molecule has 0 fully saturated rings. The molecule has 0 saturated carbocycles. The third kappa shape index (κ3) is 3.62. The Hall–Kier alpha value is -6.18. The van der Waals surface area contributed by atoms with E-state index in [9.17, 15) is 0 Å². The molecule has 9 aromatic carbocycles. The third-order valence-corrected chi connectivity index (χ3v) is 11.4. The molecule has 1 heteroatoms. The molecule has 0 bridgehead atoms. The van der Waals surface area contributed by atoms with Crippen molar-refractivity contribution in [2.75, 3.05) is 0 Å². The van der Waals surface area contributed by atoms with Gasteiger partial charge in [0.25, 0.3) is 0 Å². The maximum absolute atomic E-state index is 6.79. The van der Waals surface area contributed by atoms with Crippen LogP contribution in [0.3, 0.4) is 0 Å². The minimum Gasteiger partial charge on any atom is -0.455 e. The summed E-state index contributed by atoms with van der Waals surface area (Å²) in [5, 5.41) is 12.3. The third-order valence-electron chi connectivity index (χ3n) is 11.4. The highest BCUT2D eigenvalue weighted by Crippen LogP contribution is 2.54. The van der Waals surface area contributed by atoms with E-state index in [4.69, 9.17) is 4.42 Å². The van der Waals surface area contributed by atoms with Crippen molar-refractivity contribution in [1.82, 2.24) is 0 Å². The Balaban J connectivity index is 1.25. The molecule has 0 amide bonds. The summed E-state index contributed by atoms with van der Waals surface area (Å²) in [6.45, 7) is 4.77. The Morgan fingerprint density at radius 3 is 1.64 bits per heavy atom. The zero-order valence-corrected chi connectivity index (χ0v) is 27.9. The van der Waals surface area contributed by atoms with Crippen LogP contribution in [-0.2, 0) is 5.41 Å². The number of hydrogen-bond donors (Lipinski definition) is 0. The number of para-hydroxylation sites is 1. The van der Waals surface area contributed by atoms with E-state index in [2.05, 4.69) is 172 Å². The van der Waals surface area contributed by atoms with Crippen LogP contribution < -0.4 is 0 Å². The molecule has 0 N–H and O–H groups in total. The van der Waals surface area contributed by atoms with Crippen molar-refractivity contribution < 1.29 is 4.42 Å². The highest BCUT2D eigenvalue weighted by atomic mass is 16.3. The van der Waals surface area contributed by atoms with Crippen molar-refractivity contribution in [2.45, 2.75) is 19.3 Å². The molecule has 1 aromatic heterocycles. The van der Waals surface area contributed by atoms with Crippen molar-refractivity contribution >= 4 is 65.0 Å². The second-order valence-electron chi connectivity index (χ2n) is 14.4. The van der Waals surface area contributed by atoms with Crippen LogP contribution in [0.4, 0.5) is 0 Å². The molecule has 1 nitrogen and oxygen atoms in total. The fourth-order valence-electron chi connectivity index (χ4n) is 9.14. The Bertz CT molecular complexity index is 3010.